The molecular formula is C27H29ClF3N3O4. The summed E-state index contributed by atoms with van der Waals surface area (Å²) in [4.78, 5) is 20.9. The second kappa shape index (κ2) is 9.96. The molecule has 3 aromatic rings. The molecule has 2 fully saturated rings. The van der Waals surface area contributed by atoms with Crippen molar-refractivity contribution in [2.45, 2.75) is 51.3 Å². The fraction of sp³-hybridized carbons (Fsp3) is 0.481. The van der Waals surface area contributed by atoms with Crippen LogP contribution in [-0.2, 0) is 9.53 Å². The number of carbonyl (C=O) groups is 1. The molecular weight excluding hydrogens is 523 g/mol. The normalized spacial score (nSPS) is 22.6. The number of nitrogens with zero attached hydrogens (tertiary/aromatic N) is 2. The summed E-state index contributed by atoms with van der Waals surface area (Å²) in [6.45, 7) is 4.87. The van der Waals surface area contributed by atoms with E-state index in [1.807, 2.05) is 4.90 Å². The van der Waals surface area contributed by atoms with Gasteiger partial charge in [-0.05, 0) is 57.7 Å². The van der Waals surface area contributed by atoms with Gasteiger partial charge in [0.15, 0.2) is 5.88 Å². The summed E-state index contributed by atoms with van der Waals surface area (Å²) in [6, 6.07) is 5.68. The van der Waals surface area contributed by atoms with Crippen LogP contribution >= 0.6 is 11.6 Å². The number of hydrogen-bond donors (Lipinski definition) is 2. The van der Waals surface area contributed by atoms with Gasteiger partial charge in [-0.1, -0.05) is 11.6 Å². The maximum atomic E-state index is 15.4. The SMILES string of the molecule is CC(C)(C(=O)O)[C@]1(F)CC[C@@H](Oc2cc3nc(-c4c(F)cc(N5CCOCC5)cc4F)c(Cl)cc3[nH]2)CC1. The zero-order valence-corrected chi connectivity index (χ0v) is 21.9. The molecule has 0 unspecified atom stereocenters. The summed E-state index contributed by atoms with van der Waals surface area (Å²) >= 11 is 6.40. The molecule has 7 nitrogen and oxygen atoms in total. The maximum absolute atomic E-state index is 15.4. The number of benzene rings is 1. The minimum atomic E-state index is -1.82. The monoisotopic (exact) mass is 551 g/mol. The van der Waals surface area contributed by atoms with E-state index in [-0.39, 0.29) is 35.2 Å². The highest BCUT2D eigenvalue weighted by atomic mass is 35.5. The van der Waals surface area contributed by atoms with E-state index in [1.165, 1.54) is 32.0 Å². The first kappa shape index (κ1) is 26.6. The van der Waals surface area contributed by atoms with Crippen LogP contribution in [-0.4, -0.2) is 59.1 Å². The van der Waals surface area contributed by atoms with E-state index >= 15 is 13.2 Å². The highest BCUT2D eigenvalue weighted by molar-refractivity contribution is 6.33. The van der Waals surface area contributed by atoms with Crippen LogP contribution in [0.4, 0.5) is 18.9 Å². The Hall–Kier alpha value is -2.98. The van der Waals surface area contributed by atoms with Gasteiger partial charge in [-0.25, -0.2) is 18.2 Å². The van der Waals surface area contributed by atoms with Crippen molar-refractivity contribution in [3.63, 3.8) is 0 Å². The number of hydrogen-bond acceptors (Lipinski definition) is 5. The Balaban J connectivity index is 1.35. The molecule has 1 aliphatic carbocycles. The van der Waals surface area contributed by atoms with Crippen molar-refractivity contribution in [2.75, 3.05) is 31.2 Å². The van der Waals surface area contributed by atoms with Crippen LogP contribution in [0.2, 0.25) is 5.02 Å². The first-order valence-corrected chi connectivity index (χ1v) is 13.0. The molecule has 204 valence electrons. The smallest absolute Gasteiger partial charge is 0.312 e. The number of ether oxygens (including phenoxy) is 2. The highest BCUT2D eigenvalue weighted by Gasteiger charge is 2.52. The summed E-state index contributed by atoms with van der Waals surface area (Å²) < 4.78 is 57.0. The Labute approximate surface area is 222 Å². The third kappa shape index (κ3) is 4.80. The van der Waals surface area contributed by atoms with Gasteiger partial charge >= 0.3 is 5.97 Å². The summed E-state index contributed by atoms with van der Waals surface area (Å²) in [5.41, 5.74) is -2.32. The molecule has 11 heteroatoms. The first-order valence-electron chi connectivity index (χ1n) is 12.6. The molecule has 2 N–H and O–H groups in total. The molecule has 1 aromatic carbocycles. The lowest BCUT2D eigenvalue weighted by molar-refractivity contribution is -0.160. The van der Waals surface area contributed by atoms with E-state index in [0.29, 0.717) is 61.7 Å². The average molecular weight is 552 g/mol. The molecule has 5 rings (SSSR count). The minimum absolute atomic E-state index is 0.0241. The molecule has 2 aromatic heterocycles. The summed E-state index contributed by atoms with van der Waals surface area (Å²) in [6.07, 6.45) is 0.477. The molecule has 0 radical (unpaired) electrons. The number of carboxylic acids is 1. The van der Waals surface area contributed by atoms with Crippen molar-refractivity contribution in [2.24, 2.45) is 5.41 Å². The number of aliphatic carboxylic acids is 1. The van der Waals surface area contributed by atoms with Gasteiger partial charge in [-0.3, -0.25) is 4.79 Å². The second-order valence-electron chi connectivity index (χ2n) is 10.5. The van der Waals surface area contributed by atoms with Gasteiger partial charge in [0.1, 0.15) is 23.4 Å². The number of morpholine rings is 1. The Kier molecular flexibility index (Phi) is 6.98. The molecule has 38 heavy (non-hydrogen) atoms. The standard InChI is InChI=1S/C27H29ClF3N3O4/c1-26(2,25(35)36)27(31)5-3-16(4-6-27)38-22-14-21-20(32-22)13-17(28)24(33-21)23-18(29)11-15(12-19(23)30)34-7-9-37-10-8-34/h11-14,16,32H,3-10H2,1-2H3,(H,35,36)/t16-,27+. The lowest BCUT2D eigenvalue weighted by Gasteiger charge is -2.41. The zero-order valence-electron chi connectivity index (χ0n) is 21.1. The quantitative estimate of drug-likeness (QED) is 0.383. The van der Waals surface area contributed by atoms with Crippen LogP contribution in [0.1, 0.15) is 39.5 Å². The van der Waals surface area contributed by atoms with E-state index in [4.69, 9.17) is 21.1 Å². The maximum Gasteiger partial charge on any atom is 0.312 e. The Bertz CT molecular complexity index is 1340. The average Bonchev–Trinajstić information content (AvgIpc) is 3.26. The molecule has 0 bridgehead atoms. The Morgan fingerprint density at radius 1 is 1.18 bits per heavy atom. The van der Waals surface area contributed by atoms with Gasteiger partial charge in [0.25, 0.3) is 0 Å². The number of aromatic nitrogens is 2. The molecule has 0 amide bonds. The number of H-pyrrole nitrogens is 1. The number of nitrogens with one attached hydrogen (secondary N) is 1. The third-order valence-electron chi connectivity index (χ3n) is 7.84. The minimum Gasteiger partial charge on any atom is -0.481 e. The number of anilines is 1. The van der Waals surface area contributed by atoms with Crippen LogP contribution in [0.3, 0.4) is 0 Å². The predicted octanol–water partition coefficient (Wildman–Crippen LogP) is 6.14. The van der Waals surface area contributed by atoms with Crippen molar-refractivity contribution >= 4 is 34.3 Å². The van der Waals surface area contributed by atoms with Crippen molar-refractivity contribution in [3.05, 3.63) is 40.9 Å². The molecule has 1 aliphatic heterocycles. The highest BCUT2D eigenvalue weighted by Crippen LogP contribution is 2.46. The van der Waals surface area contributed by atoms with Crippen molar-refractivity contribution < 1.29 is 32.5 Å². The zero-order chi connectivity index (χ0) is 27.2. The summed E-state index contributed by atoms with van der Waals surface area (Å²) in [5, 5.41) is 9.50. The topological polar surface area (TPSA) is 87.7 Å². The van der Waals surface area contributed by atoms with Gasteiger partial charge in [-0.2, -0.15) is 0 Å². The second-order valence-corrected chi connectivity index (χ2v) is 10.9. The van der Waals surface area contributed by atoms with Crippen molar-refractivity contribution in [3.8, 4) is 17.1 Å². The Morgan fingerprint density at radius 3 is 2.42 bits per heavy atom. The fourth-order valence-corrected chi connectivity index (χ4v) is 5.44. The Morgan fingerprint density at radius 2 is 1.82 bits per heavy atom. The molecule has 0 spiro atoms. The molecule has 2 aliphatic rings. The van der Waals surface area contributed by atoms with E-state index in [2.05, 4.69) is 9.97 Å². The molecule has 0 atom stereocenters. The first-order chi connectivity index (χ1) is 18.0. The van der Waals surface area contributed by atoms with Crippen molar-refractivity contribution in [1.29, 1.82) is 0 Å². The van der Waals surface area contributed by atoms with E-state index in [1.54, 1.807) is 6.07 Å². The van der Waals surface area contributed by atoms with E-state index in [9.17, 15) is 9.90 Å². The summed E-state index contributed by atoms with van der Waals surface area (Å²) in [7, 11) is 0. The van der Waals surface area contributed by atoms with Crippen LogP contribution in [0.15, 0.2) is 24.3 Å². The predicted molar refractivity (Wildman–Crippen MR) is 138 cm³/mol. The molecule has 1 saturated heterocycles. The van der Waals surface area contributed by atoms with Gasteiger partial charge in [0, 0.05) is 24.8 Å². The molecule has 3 heterocycles. The lowest BCUT2D eigenvalue weighted by atomic mass is 9.68. The van der Waals surface area contributed by atoms with Crippen LogP contribution in [0, 0.1) is 17.0 Å². The number of aromatic amines is 1. The lowest BCUT2D eigenvalue weighted by Crippen LogP contribution is -2.49. The van der Waals surface area contributed by atoms with Gasteiger partial charge in [0.05, 0.1) is 45.9 Å². The number of fused-ring (bicyclic) bond motifs is 1. The van der Waals surface area contributed by atoms with Crippen LogP contribution < -0.4 is 9.64 Å². The number of halogens is 4. The van der Waals surface area contributed by atoms with Crippen molar-refractivity contribution in [1.82, 2.24) is 9.97 Å². The van der Waals surface area contributed by atoms with Gasteiger partial charge < -0.3 is 24.5 Å². The van der Waals surface area contributed by atoms with Crippen LogP contribution in [0.25, 0.3) is 22.3 Å². The number of pyridine rings is 1. The van der Waals surface area contributed by atoms with Crippen LogP contribution in [0.5, 0.6) is 5.88 Å². The fourth-order valence-electron chi connectivity index (χ4n) is 5.20. The third-order valence-corrected chi connectivity index (χ3v) is 8.13. The van der Waals surface area contributed by atoms with E-state index in [0.717, 1.165) is 0 Å². The number of alkyl halides is 1. The number of rotatable bonds is 6. The van der Waals surface area contributed by atoms with E-state index < -0.39 is 28.7 Å². The van der Waals surface area contributed by atoms with Gasteiger partial charge in [-0.15, -0.1) is 0 Å². The van der Waals surface area contributed by atoms with Gasteiger partial charge in [0.2, 0.25) is 0 Å². The largest absolute Gasteiger partial charge is 0.481 e. The number of carboxylic acid groups (broad SMARTS) is 1. The molecule has 1 saturated carbocycles. The summed E-state index contributed by atoms with van der Waals surface area (Å²) in [5.74, 6) is -2.35.